The standard InChI is InChI=1S/C22H17Cl2N3O5/c23-18-9-8-13(10-19(18)24)12-25(20(28)14-4-3-5-15(11-14)27(31)32)26-21(29)16-6-1-2-7-17(16)22(26)30/h1-5,8-11,16-17H,6-7,12H2/t16-,17-/m1/s1. The van der Waals surface area contributed by atoms with Crippen molar-refractivity contribution in [1.82, 2.24) is 10.0 Å². The summed E-state index contributed by atoms with van der Waals surface area (Å²) >= 11 is 12.1. The molecule has 0 unspecified atom stereocenters. The average molecular weight is 474 g/mol. The first-order valence-electron chi connectivity index (χ1n) is 9.81. The Hall–Kier alpha value is -3.23. The van der Waals surface area contributed by atoms with Crippen LogP contribution < -0.4 is 0 Å². The number of fused-ring (bicyclic) bond motifs is 1. The third-order valence-electron chi connectivity index (χ3n) is 5.58. The molecular weight excluding hydrogens is 457 g/mol. The van der Waals surface area contributed by atoms with E-state index in [4.69, 9.17) is 23.2 Å². The highest BCUT2D eigenvalue weighted by molar-refractivity contribution is 6.42. The second-order valence-corrected chi connectivity index (χ2v) is 8.38. The van der Waals surface area contributed by atoms with Crippen LogP contribution >= 0.6 is 23.2 Å². The molecule has 2 aliphatic rings. The Bertz CT molecular complexity index is 1140. The van der Waals surface area contributed by atoms with Gasteiger partial charge >= 0.3 is 0 Å². The molecule has 0 aromatic heterocycles. The van der Waals surface area contributed by atoms with Gasteiger partial charge in [0.1, 0.15) is 0 Å². The monoisotopic (exact) mass is 473 g/mol. The SMILES string of the molecule is O=C(c1cccc([N+](=O)[O-])c1)N(Cc1ccc(Cl)c(Cl)c1)N1C(=O)[C@@H]2CC=CC[C@H]2C1=O. The molecule has 0 radical (unpaired) electrons. The van der Waals surface area contributed by atoms with Gasteiger partial charge < -0.3 is 0 Å². The van der Waals surface area contributed by atoms with Gasteiger partial charge in [-0.25, -0.2) is 5.01 Å². The number of non-ortho nitro benzene ring substituents is 1. The predicted octanol–water partition coefficient (Wildman–Crippen LogP) is 4.41. The Morgan fingerprint density at radius 2 is 1.69 bits per heavy atom. The molecule has 164 valence electrons. The van der Waals surface area contributed by atoms with Crippen LogP contribution in [-0.2, 0) is 16.1 Å². The second-order valence-electron chi connectivity index (χ2n) is 7.56. The van der Waals surface area contributed by atoms with Crippen molar-refractivity contribution in [3.05, 3.63) is 85.9 Å². The lowest BCUT2D eigenvalue weighted by Gasteiger charge is -2.30. The van der Waals surface area contributed by atoms with Gasteiger partial charge in [0.05, 0.1) is 33.3 Å². The van der Waals surface area contributed by atoms with Crippen LogP contribution in [0.2, 0.25) is 10.0 Å². The zero-order valence-electron chi connectivity index (χ0n) is 16.6. The third kappa shape index (κ3) is 3.99. The van der Waals surface area contributed by atoms with Crippen LogP contribution in [0.3, 0.4) is 0 Å². The maximum absolute atomic E-state index is 13.4. The molecule has 2 aromatic carbocycles. The molecule has 0 N–H and O–H groups in total. The number of amides is 3. The first-order valence-corrected chi connectivity index (χ1v) is 10.6. The van der Waals surface area contributed by atoms with E-state index in [-0.39, 0.29) is 22.8 Å². The fourth-order valence-corrected chi connectivity index (χ4v) is 4.29. The lowest BCUT2D eigenvalue weighted by atomic mass is 9.85. The highest BCUT2D eigenvalue weighted by atomic mass is 35.5. The van der Waals surface area contributed by atoms with E-state index < -0.39 is 34.5 Å². The second kappa shape index (κ2) is 8.72. The van der Waals surface area contributed by atoms with Crippen LogP contribution in [0, 0.1) is 22.0 Å². The number of hydrazine groups is 1. The first kappa shape index (κ1) is 22.0. The van der Waals surface area contributed by atoms with Crippen molar-refractivity contribution in [2.75, 3.05) is 0 Å². The summed E-state index contributed by atoms with van der Waals surface area (Å²) in [5, 5.41) is 13.6. The Kier molecular flexibility index (Phi) is 5.99. The minimum absolute atomic E-state index is 0.0205. The minimum Gasteiger partial charge on any atom is -0.272 e. The molecule has 32 heavy (non-hydrogen) atoms. The summed E-state index contributed by atoms with van der Waals surface area (Å²) in [6.07, 6.45) is 4.53. The molecule has 1 heterocycles. The summed E-state index contributed by atoms with van der Waals surface area (Å²) in [7, 11) is 0. The molecule has 0 spiro atoms. The van der Waals surface area contributed by atoms with E-state index in [1.807, 2.05) is 12.2 Å². The van der Waals surface area contributed by atoms with Crippen molar-refractivity contribution in [3.8, 4) is 0 Å². The number of halogens is 2. The lowest BCUT2D eigenvalue weighted by Crippen LogP contribution is -2.49. The van der Waals surface area contributed by atoms with Crippen LogP contribution in [-0.4, -0.2) is 32.7 Å². The van der Waals surface area contributed by atoms with Gasteiger partial charge in [-0.3, -0.25) is 24.5 Å². The smallest absolute Gasteiger partial charge is 0.272 e. The van der Waals surface area contributed by atoms with Gasteiger partial charge in [0, 0.05) is 17.7 Å². The molecular formula is C22H17Cl2N3O5. The van der Waals surface area contributed by atoms with E-state index in [1.54, 1.807) is 12.1 Å². The predicted molar refractivity (Wildman–Crippen MR) is 117 cm³/mol. The van der Waals surface area contributed by atoms with E-state index in [0.29, 0.717) is 23.4 Å². The highest BCUT2D eigenvalue weighted by Gasteiger charge is 2.50. The number of allylic oxidation sites excluding steroid dienone is 2. The molecule has 2 atom stereocenters. The van der Waals surface area contributed by atoms with Crippen LogP contribution in [0.25, 0.3) is 0 Å². The molecule has 3 amide bonds. The molecule has 1 fully saturated rings. The third-order valence-corrected chi connectivity index (χ3v) is 6.32. The van der Waals surface area contributed by atoms with Crippen molar-refractivity contribution in [1.29, 1.82) is 0 Å². The van der Waals surface area contributed by atoms with E-state index in [0.717, 1.165) is 16.1 Å². The Morgan fingerprint density at radius 1 is 1.03 bits per heavy atom. The summed E-state index contributed by atoms with van der Waals surface area (Å²) in [4.78, 5) is 50.3. The van der Waals surface area contributed by atoms with Crippen LogP contribution in [0.1, 0.15) is 28.8 Å². The maximum atomic E-state index is 13.4. The van der Waals surface area contributed by atoms with E-state index in [1.165, 1.54) is 24.3 Å². The van der Waals surface area contributed by atoms with Gasteiger partial charge in [-0.1, -0.05) is 47.5 Å². The van der Waals surface area contributed by atoms with Crippen LogP contribution in [0.15, 0.2) is 54.6 Å². The van der Waals surface area contributed by atoms with E-state index in [2.05, 4.69) is 0 Å². The number of carbonyl (C=O) groups excluding carboxylic acids is 3. The Labute approximate surface area is 193 Å². The first-order chi connectivity index (χ1) is 15.3. The van der Waals surface area contributed by atoms with Crippen molar-refractivity contribution < 1.29 is 19.3 Å². The molecule has 10 heteroatoms. The van der Waals surface area contributed by atoms with Crippen molar-refractivity contribution in [2.45, 2.75) is 19.4 Å². The van der Waals surface area contributed by atoms with Gasteiger partial charge in [-0.2, -0.15) is 5.01 Å². The number of imide groups is 1. The average Bonchev–Trinajstić information content (AvgIpc) is 3.04. The van der Waals surface area contributed by atoms with Crippen molar-refractivity contribution in [3.63, 3.8) is 0 Å². The molecule has 1 aliphatic carbocycles. The summed E-state index contributed by atoms with van der Waals surface area (Å²) in [5.41, 5.74) is 0.238. The van der Waals surface area contributed by atoms with Gasteiger partial charge in [0.2, 0.25) is 0 Å². The zero-order chi connectivity index (χ0) is 23.0. The fraction of sp³-hybridized carbons (Fsp3) is 0.227. The topological polar surface area (TPSA) is 101 Å². The number of nitrogens with zero attached hydrogens (tertiary/aromatic N) is 3. The molecule has 1 aliphatic heterocycles. The number of hydrogen-bond acceptors (Lipinski definition) is 5. The molecule has 8 nitrogen and oxygen atoms in total. The van der Waals surface area contributed by atoms with Gasteiger partial charge in [-0.15, -0.1) is 0 Å². The lowest BCUT2D eigenvalue weighted by molar-refractivity contribution is -0.384. The van der Waals surface area contributed by atoms with Crippen molar-refractivity contribution in [2.24, 2.45) is 11.8 Å². The number of hydrogen-bond donors (Lipinski definition) is 0. The Morgan fingerprint density at radius 3 is 2.28 bits per heavy atom. The number of nitro benzene ring substituents is 1. The van der Waals surface area contributed by atoms with Crippen LogP contribution in [0.5, 0.6) is 0 Å². The van der Waals surface area contributed by atoms with Crippen molar-refractivity contribution >= 4 is 46.6 Å². The largest absolute Gasteiger partial charge is 0.273 e. The highest BCUT2D eigenvalue weighted by Crippen LogP contribution is 2.37. The van der Waals surface area contributed by atoms with Gasteiger partial charge in [-0.05, 0) is 36.6 Å². The number of nitro groups is 1. The van der Waals surface area contributed by atoms with Crippen LogP contribution in [0.4, 0.5) is 5.69 Å². The molecule has 0 bridgehead atoms. The van der Waals surface area contributed by atoms with E-state index in [9.17, 15) is 24.5 Å². The van der Waals surface area contributed by atoms with Gasteiger partial charge in [0.25, 0.3) is 23.4 Å². The molecule has 1 saturated heterocycles. The number of rotatable bonds is 5. The summed E-state index contributed by atoms with van der Waals surface area (Å²) < 4.78 is 0. The molecule has 4 rings (SSSR count). The normalized spacial score (nSPS) is 19.8. The fourth-order valence-electron chi connectivity index (χ4n) is 3.97. The summed E-state index contributed by atoms with van der Waals surface area (Å²) in [6.45, 7) is -0.150. The summed E-state index contributed by atoms with van der Waals surface area (Å²) in [5.74, 6) is -2.73. The zero-order valence-corrected chi connectivity index (χ0v) is 18.1. The minimum atomic E-state index is -0.715. The quantitative estimate of drug-likeness (QED) is 0.277. The van der Waals surface area contributed by atoms with E-state index >= 15 is 0 Å². The summed E-state index contributed by atoms with van der Waals surface area (Å²) in [6, 6.07) is 9.86. The Balaban J connectivity index is 1.74. The maximum Gasteiger partial charge on any atom is 0.273 e. The molecule has 0 saturated carbocycles. The number of benzene rings is 2. The molecule has 2 aromatic rings. The van der Waals surface area contributed by atoms with Gasteiger partial charge in [0.15, 0.2) is 0 Å². The number of carbonyl (C=O) groups is 3.